The highest BCUT2D eigenvalue weighted by atomic mass is 127. The molecule has 0 heterocycles. The second-order valence-electron chi connectivity index (χ2n) is 7.97. The quantitative estimate of drug-likeness (QED) is 0.251. The molecule has 1 atom stereocenters. The summed E-state index contributed by atoms with van der Waals surface area (Å²) in [6.45, 7) is 7.13. The Morgan fingerprint density at radius 1 is 1.20 bits per heavy atom. The van der Waals surface area contributed by atoms with E-state index in [0.717, 1.165) is 5.56 Å². The number of primary sulfonamides is 1. The van der Waals surface area contributed by atoms with Crippen molar-refractivity contribution in [3.63, 3.8) is 0 Å². The summed E-state index contributed by atoms with van der Waals surface area (Å²) < 4.78 is 28.3. The maximum Gasteiger partial charge on any atom is 0.241 e. The Labute approximate surface area is 196 Å². The molecule has 0 aliphatic heterocycles. The lowest BCUT2D eigenvalue weighted by molar-refractivity contribution is -0.127. The Morgan fingerprint density at radius 2 is 1.77 bits per heavy atom. The van der Waals surface area contributed by atoms with Crippen LogP contribution < -0.4 is 15.8 Å². The molecule has 0 saturated carbocycles. The molecule has 172 valence electrons. The van der Waals surface area contributed by atoms with E-state index in [1.54, 1.807) is 33.3 Å². The van der Waals surface area contributed by atoms with E-state index < -0.39 is 10.0 Å². The van der Waals surface area contributed by atoms with Crippen molar-refractivity contribution in [3.8, 4) is 0 Å². The number of likely N-dealkylation sites (N-methyl/N-ethyl adjacent to an activating group) is 1. The van der Waals surface area contributed by atoms with Gasteiger partial charge in [0, 0.05) is 27.7 Å². The van der Waals surface area contributed by atoms with Crippen molar-refractivity contribution in [3.05, 3.63) is 29.8 Å². The van der Waals surface area contributed by atoms with E-state index in [0.29, 0.717) is 19.0 Å². The summed E-state index contributed by atoms with van der Waals surface area (Å²) >= 11 is 0. The van der Waals surface area contributed by atoms with Crippen molar-refractivity contribution in [1.29, 1.82) is 0 Å². The number of amides is 1. The zero-order valence-electron chi connectivity index (χ0n) is 18.4. The number of carbonyl (C=O) groups excluding carboxylic acids is 1. The number of hydrogen-bond acceptors (Lipinski definition) is 5. The number of ether oxygens (including phenoxy) is 1. The minimum atomic E-state index is -3.73. The van der Waals surface area contributed by atoms with Crippen LogP contribution >= 0.6 is 24.0 Å². The van der Waals surface area contributed by atoms with Gasteiger partial charge in [0.1, 0.15) is 0 Å². The van der Waals surface area contributed by atoms with Gasteiger partial charge in [0.15, 0.2) is 5.96 Å². The minimum absolute atomic E-state index is 0. The lowest BCUT2D eigenvalue weighted by Gasteiger charge is -2.30. The van der Waals surface area contributed by atoms with Crippen LogP contribution in [0.5, 0.6) is 0 Å². The van der Waals surface area contributed by atoms with Crippen LogP contribution in [0.2, 0.25) is 0 Å². The van der Waals surface area contributed by atoms with Gasteiger partial charge in [0.05, 0.1) is 24.1 Å². The van der Waals surface area contributed by atoms with Gasteiger partial charge in [-0.05, 0) is 23.1 Å². The molecule has 0 spiro atoms. The van der Waals surface area contributed by atoms with E-state index in [1.165, 1.54) is 17.0 Å². The molecule has 0 bridgehead atoms. The van der Waals surface area contributed by atoms with E-state index in [-0.39, 0.29) is 52.8 Å². The van der Waals surface area contributed by atoms with E-state index in [1.807, 2.05) is 0 Å². The lowest BCUT2D eigenvalue weighted by atomic mass is 9.89. The summed E-state index contributed by atoms with van der Waals surface area (Å²) in [4.78, 5) is 17.9. The van der Waals surface area contributed by atoms with Crippen LogP contribution in [0.25, 0.3) is 0 Å². The van der Waals surface area contributed by atoms with Crippen molar-refractivity contribution >= 4 is 45.9 Å². The van der Waals surface area contributed by atoms with Gasteiger partial charge in [0.2, 0.25) is 15.9 Å². The lowest BCUT2D eigenvalue weighted by Crippen LogP contribution is -2.47. The van der Waals surface area contributed by atoms with E-state index in [2.05, 4.69) is 36.4 Å². The first-order valence-corrected chi connectivity index (χ1v) is 10.8. The van der Waals surface area contributed by atoms with Crippen LogP contribution in [0.15, 0.2) is 34.2 Å². The number of aliphatic imine (C=N–C) groups is 1. The predicted molar refractivity (Wildman–Crippen MR) is 129 cm³/mol. The van der Waals surface area contributed by atoms with Crippen molar-refractivity contribution in [1.82, 2.24) is 15.5 Å². The van der Waals surface area contributed by atoms with Crippen LogP contribution in [0, 0.1) is 5.41 Å². The molecule has 0 fully saturated rings. The fourth-order valence-corrected chi connectivity index (χ4v) is 2.89. The topological polar surface area (TPSA) is 126 Å². The van der Waals surface area contributed by atoms with Gasteiger partial charge in [-0.25, -0.2) is 18.5 Å². The Hall–Kier alpha value is -1.44. The van der Waals surface area contributed by atoms with Crippen LogP contribution in [0.4, 0.5) is 0 Å². The molecule has 9 nitrogen and oxygen atoms in total. The van der Waals surface area contributed by atoms with Crippen molar-refractivity contribution in [2.24, 2.45) is 15.5 Å². The number of nitrogens with two attached hydrogens (primary N) is 1. The predicted octanol–water partition coefficient (Wildman–Crippen LogP) is 1.14. The highest BCUT2D eigenvalue weighted by Gasteiger charge is 2.24. The van der Waals surface area contributed by atoms with Gasteiger partial charge < -0.3 is 20.3 Å². The number of halogens is 1. The molecule has 0 radical (unpaired) electrons. The monoisotopic (exact) mass is 555 g/mol. The van der Waals surface area contributed by atoms with E-state index >= 15 is 0 Å². The first-order chi connectivity index (χ1) is 13.3. The number of benzene rings is 1. The smallest absolute Gasteiger partial charge is 0.241 e. The molecular formula is C19H34IN5O4S. The fraction of sp³-hybridized carbons (Fsp3) is 0.579. The zero-order chi connectivity index (χ0) is 22.2. The number of rotatable bonds is 8. The zero-order valence-corrected chi connectivity index (χ0v) is 21.6. The molecule has 0 aliphatic rings. The van der Waals surface area contributed by atoms with Gasteiger partial charge in [0.25, 0.3) is 0 Å². The molecule has 0 aromatic heterocycles. The molecule has 0 aliphatic carbocycles. The summed E-state index contributed by atoms with van der Waals surface area (Å²) in [6.07, 6.45) is -0.0619. The third kappa shape index (κ3) is 10.0. The molecule has 1 aromatic carbocycles. The maximum atomic E-state index is 11.9. The van der Waals surface area contributed by atoms with Gasteiger partial charge >= 0.3 is 0 Å². The standard InChI is InChI=1S/C19H33N5O4S.HI/c1-19(2,3)16(28-6)12-22-18(23-13-17(25)24(4)5)21-11-14-7-9-15(10-8-14)29(20,26)27;/h7-10,16H,11-13H2,1-6H3,(H2,20,26,27)(H2,21,22,23);1H. The maximum absolute atomic E-state index is 11.9. The Morgan fingerprint density at radius 3 is 2.20 bits per heavy atom. The van der Waals surface area contributed by atoms with E-state index in [4.69, 9.17) is 9.88 Å². The molecule has 30 heavy (non-hydrogen) atoms. The normalized spacial score (nSPS) is 13.2. The van der Waals surface area contributed by atoms with Crippen LogP contribution in [-0.4, -0.2) is 65.6 Å². The molecular weight excluding hydrogens is 521 g/mol. The number of nitrogens with one attached hydrogen (secondary N) is 2. The molecule has 1 amide bonds. The summed E-state index contributed by atoms with van der Waals surface area (Å²) in [5, 5.41) is 11.3. The number of methoxy groups -OCH3 is 1. The number of nitrogens with zero attached hydrogens (tertiary/aromatic N) is 2. The molecule has 1 aromatic rings. The van der Waals surface area contributed by atoms with Crippen LogP contribution in [0.3, 0.4) is 0 Å². The van der Waals surface area contributed by atoms with Crippen molar-refractivity contribution in [2.45, 2.75) is 38.3 Å². The Balaban J connectivity index is 0.00000841. The molecule has 1 unspecified atom stereocenters. The highest BCUT2D eigenvalue weighted by molar-refractivity contribution is 14.0. The summed E-state index contributed by atoms with van der Waals surface area (Å²) in [5.41, 5.74) is 0.729. The Bertz CT molecular complexity index is 805. The second-order valence-corrected chi connectivity index (χ2v) is 9.53. The Kier molecular flexibility index (Phi) is 11.8. The van der Waals surface area contributed by atoms with E-state index in [9.17, 15) is 13.2 Å². The average Bonchev–Trinajstić information content (AvgIpc) is 2.61. The number of guanidine groups is 1. The van der Waals surface area contributed by atoms with Crippen LogP contribution in [0.1, 0.15) is 26.3 Å². The largest absolute Gasteiger partial charge is 0.379 e. The molecule has 0 saturated heterocycles. The summed E-state index contributed by atoms with van der Waals surface area (Å²) in [5.74, 6) is 0.373. The third-order valence-corrected chi connectivity index (χ3v) is 5.21. The fourth-order valence-electron chi connectivity index (χ4n) is 2.38. The van der Waals surface area contributed by atoms with Crippen molar-refractivity contribution < 1.29 is 17.9 Å². The average molecular weight is 555 g/mol. The van der Waals surface area contributed by atoms with Gasteiger partial charge in [-0.2, -0.15) is 0 Å². The summed E-state index contributed by atoms with van der Waals surface area (Å²) in [7, 11) is 1.29. The van der Waals surface area contributed by atoms with Gasteiger partial charge in [-0.3, -0.25) is 4.79 Å². The van der Waals surface area contributed by atoms with Crippen LogP contribution in [-0.2, 0) is 26.1 Å². The molecule has 1 rings (SSSR count). The highest BCUT2D eigenvalue weighted by Crippen LogP contribution is 2.20. The van der Waals surface area contributed by atoms with Gasteiger partial charge in [-0.1, -0.05) is 32.9 Å². The third-order valence-electron chi connectivity index (χ3n) is 4.28. The minimum Gasteiger partial charge on any atom is -0.379 e. The number of hydrogen-bond donors (Lipinski definition) is 3. The number of carbonyl (C=O) groups is 1. The second kappa shape index (κ2) is 12.4. The number of sulfonamides is 1. The van der Waals surface area contributed by atoms with Gasteiger partial charge in [-0.15, -0.1) is 24.0 Å². The summed E-state index contributed by atoms with van der Waals surface area (Å²) in [6, 6.07) is 6.19. The SMILES string of the molecule is COC(CNC(=NCc1ccc(S(N)(=O)=O)cc1)NCC(=O)N(C)C)C(C)(C)C.I. The van der Waals surface area contributed by atoms with Crippen molar-refractivity contribution in [2.75, 3.05) is 34.3 Å². The first kappa shape index (κ1) is 28.6. The first-order valence-electron chi connectivity index (χ1n) is 9.21. The molecule has 11 heteroatoms. The molecule has 4 N–H and O–H groups in total.